The number of alkyl halides is 3. The van der Waals surface area contributed by atoms with Gasteiger partial charge in [-0.3, -0.25) is 9.69 Å². The second kappa shape index (κ2) is 12.1. The van der Waals surface area contributed by atoms with Crippen molar-refractivity contribution >= 4 is 17.7 Å². The predicted octanol–water partition coefficient (Wildman–Crippen LogP) is 5.10. The Morgan fingerprint density at radius 2 is 1.68 bits per heavy atom. The van der Waals surface area contributed by atoms with Gasteiger partial charge in [0, 0.05) is 30.7 Å². The maximum Gasteiger partial charge on any atom is 0.414 e. The quantitative estimate of drug-likeness (QED) is 0.506. The van der Waals surface area contributed by atoms with E-state index in [4.69, 9.17) is 19.9 Å². The standard InChI is InChI=1S/C29H34F3N3O5/c30-29(31,32)18-39-26(19-5-9-23(10-6-19)40-24-11-7-21(33)8-12-24)27(36)34-15-13-22(14-16-34)35-25-4-2-1-3-20(25)17-38-28(35)37/h1-6,9-10,21-22,24,26H,7-8,11-18,33H2. The molecule has 2 aliphatic heterocycles. The average Bonchev–Trinajstić information content (AvgIpc) is 2.94. The molecule has 2 aromatic carbocycles. The minimum Gasteiger partial charge on any atom is -0.490 e. The number of carbonyl (C=O) groups is 2. The number of hydrogen-bond acceptors (Lipinski definition) is 6. The van der Waals surface area contributed by atoms with Crippen molar-refractivity contribution in [1.82, 2.24) is 4.90 Å². The maximum absolute atomic E-state index is 13.5. The lowest BCUT2D eigenvalue weighted by atomic mass is 9.94. The topological polar surface area (TPSA) is 94.3 Å². The zero-order chi connectivity index (χ0) is 28.3. The van der Waals surface area contributed by atoms with Crippen molar-refractivity contribution in [2.24, 2.45) is 5.73 Å². The van der Waals surface area contributed by atoms with Gasteiger partial charge in [-0.05, 0) is 62.3 Å². The van der Waals surface area contributed by atoms with Gasteiger partial charge in [-0.25, -0.2) is 4.79 Å². The second-order valence-electron chi connectivity index (χ2n) is 10.6. The highest BCUT2D eigenvalue weighted by Crippen LogP contribution is 2.33. The fraction of sp³-hybridized carbons (Fsp3) is 0.517. The number of para-hydroxylation sites is 1. The van der Waals surface area contributed by atoms with Crippen LogP contribution in [0.3, 0.4) is 0 Å². The molecule has 0 spiro atoms. The van der Waals surface area contributed by atoms with Gasteiger partial charge in [-0.15, -0.1) is 0 Å². The number of benzene rings is 2. The van der Waals surface area contributed by atoms with E-state index in [0.717, 1.165) is 36.9 Å². The van der Waals surface area contributed by atoms with Crippen molar-refractivity contribution in [3.05, 3.63) is 59.7 Å². The number of amides is 2. The zero-order valence-electron chi connectivity index (χ0n) is 22.1. The molecule has 3 aliphatic rings. The van der Waals surface area contributed by atoms with Crippen LogP contribution in [-0.2, 0) is 20.9 Å². The van der Waals surface area contributed by atoms with Crippen LogP contribution in [-0.4, -0.2) is 61.0 Å². The molecule has 1 aliphatic carbocycles. The monoisotopic (exact) mass is 561 g/mol. The summed E-state index contributed by atoms with van der Waals surface area (Å²) in [6, 6.07) is 14.0. The highest BCUT2D eigenvalue weighted by molar-refractivity contribution is 5.91. The number of carbonyl (C=O) groups excluding carboxylic acids is 2. The van der Waals surface area contributed by atoms with Crippen LogP contribution in [0.4, 0.5) is 23.7 Å². The summed E-state index contributed by atoms with van der Waals surface area (Å²) < 4.78 is 55.7. The van der Waals surface area contributed by atoms with Crippen molar-refractivity contribution < 1.29 is 37.0 Å². The summed E-state index contributed by atoms with van der Waals surface area (Å²) in [5.41, 5.74) is 7.97. The van der Waals surface area contributed by atoms with Crippen LogP contribution < -0.4 is 15.4 Å². The Kier molecular flexibility index (Phi) is 8.51. The molecule has 216 valence electrons. The molecular weight excluding hydrogens is 527 g/mol. The molecule has 2 heterocycles. The van der Waals surface area contributed by atoms with E-state index in [9.17, 15) is 22.8 Å². The van der Waals surface area contributed by atoms with E-state index in [1.54, 1.807) is 29.2 Å². The lowest BCUT2D eigenvalue weighted by Gasteiger charge is -2.40. The molecule has 40 heavy (non-hydrogen) atoms. The van der Waals surface area contributed by atoms with Crippen LogP contribution in [0.25, 0.3) is 0 Å². The first-order chi connectivity index (χ1) is 19.2. The van der Waals surface area contributed by atoms with Gasteiger partial charge in [0.2, 0.25) is 0 Å². The van der Waals surface area contributed by atoms with Gasteiger partial charge in [-0.1, -0.05) is 30.3 Å². The molecule has 0 radical (unpaired) electrons. The summed E-state index contributed by atoms with van der Waals surface area (Å²) in [7, 11) is 0. The third-order valence-electron chi connectivity index (χ3n) is 7.78. The Labute approximate surface area is 231 Å². The fourth-order valence-electron chi connectivity index (χ4n) is 5.64. The summed E-state index contributed by atoms with van der Waals surface area (Å²) in [4.78, 5) is 29.2. The number of fused-ring (bicyclic) bond motifs is 1. The number of anilines is 1. The number of halogens is 3. The summed E-state index contributed by atoms with van der Waals surface area (Å²) >= 11 is 0. The van der Waals surface area contributed by atoms with Gasteiger partial charge in [0.25, 0.3) is 5.91 Å². The summed E-state index contributed by atoms with van der Waals surface area (Å²) in [5, 5.41) is 0. The molecule has 1 atom stereocenters. The van der Waals surface area contributed by atoms with Crippen molar-refractivity contribution in [2.45, 2.75) is 75.6 Å². The van der Waals surface area contributed by atoms with Crippen LogP contribution in [0.2, 0.25) is 0 Å². The zero-order valence-corrected chi connectivity index (χ0v) is 22.1. The molecular formula is C29H34F3N3O5. The first-order valence-electron chi connectivity index (χ1n) is 13.7. The molecule has 11 heteroatoms. The SMILES string of the molecule is NC1CCC(Oc2ccc(C(OCC(F)(F)F)C(=O)N3CCC(N4C(=O)OCc5ccccc54)CC3)cc2)CC1. The lowest BCUT2D eigenvalue weighted by Crippen LogP contribution is -2.51. The van der Waals surface area contributed by atoms with E-state index in [1.165, 1.54) is 4.90 Å². The third kappa shape index (κ3) is 6.69. The van der Waals surface area contributed by atoms with E-state index in [-0.39, 0.29) is 37.9 Å². The molecule has 2 aromatic rings. The molecule has 2 N–H and O–H groups in total. The van der Waals surface area contributed by atoms with Crippen LogP contribution in [0.5, 0.6) is 5.75 Å². The Bertz CT molecular complexity index is 1180. The van der Waals surface area contributed by atoms with Gasteiger partial charge in [-0.2, -0.15) is 13.2 Å². The summed E-state index contributed by atoms with van der Waals surface area (Å²) in [6.07, 6.45) is -2.04. The molecule has 2 fully saturated rings. The Hall–Kier alpha value is -3.31. The van der Waals surface area contributed by atoms with Gasteiger partial charge < -0.3 is 24.8 Å². The average molecular weight is 562 g/mol. The number of cyclic esters (lactones) is 1. The predicted molar refractivity (Wildman–Crippen MR) is 141 cm³/mol. The highest BCUT2D eigenvalue weighted by atomic mass is 19.4. The summed E-state index contributed by atoms with van der Waals surface area (Å²) in [6.45, 7) is -0.796. The van der Waals surface area contributed by atoms with E-state index < -0.39 is 30.9 Å². The number of hydrogen-bond donors (Lipinski definition) is 1. The van der Waals surface area contributed by atoms with Crippen molar-refractivity contribution in [3.8, 4) is 5.75 Å². The Morgan fingerprint density at radius 1 is 1.00 bits per heavy atom. The molecule has 1 unspecified atom stereocenters. The third-order valence-corrected chi connectivity index (χ3v) is 7.78. The van der Waals surface area contributed by atoms with Crippen molar-refractivity contribution in [2.75, 3.05) is 24.6 Å². The molecule has 1 saturated carbocycles. The number of ether oxygens (including phenoxy) is 3. The van der Waals surface area contributed by atoms with Gasteiger partial charge in [0.05, 0.1) is 11.8 Å². The molecule has 5 rings (SSSR count). The number of rotatable bonds is 7. The van der Waals surface area contributed by atoms with Crippen LogP contribution >= 0.6 is 0 Å². The first-order valence-corrected chi connectivity index (χ1v) is 13.7. The Morgan fingerprint density at radius 3 is 2.35 bits per heavy atom. The number of piperidine rings is 1. The molecule has 0 aromatic heterocycles. The fourth-order valence-corrected chi connectivity index (χ4v) is 5.64. The number of nitrogens with two attached hydrogens (primary N) is 1. The first kappa shape index (κ1) is 28.2. The number of likely N-dealkylation sites (tertiary alicyclic amines) is 1. The van der Waals surface area contributed by atoms with E-state index >= 15 is 0 Å². The molecule has 2 amide bonds. The lowest BCUT2D eigenvalue weighted by molar-refractivity contribution is -0.191. The van der Waals surface area contributed by atoms with Crippen LogP contribution in [0, 0.1) is 0 Å². The van der Waals surface area contributed by atoms with Crippen LogP contribution in [0.1, 0.15) is 55.8 Å². The Balaban J connectivity index is 1.25. The second-order valence-corrected chi connectivity index (χ2v) is 10.6. The van der Waals surface area contributed by atoms with E-state index in [1.807, 2.05) is 24.3 Å². The van der Waals surface area contributed by atoms with Gasteiger partial charge in [0.1, 0.15) is 19.0 Å². The summed E-state index contributed by atoms with van der Waals surface area (Å²) in [5.74, 6) is 0.0417. The minimum absolute atomic E-state index is 0.0370. The highest BCUT2D eigenvalue weighted by Gasteiger charge is 2.38. The van der Waals surface area contributed by atoms with Crippen LogP contribution in [0.15, 0.2) is 48.5 Å². The molecule has 1 saturated heterocycles. The van der Waals surface area contributed by atoms with E-state index in [0.29, 0.717) is 24.2 Å². The van der Waals surface area contributed by atoms with Gasteiger partial charge >= 0.3 is 12.3 Å². The smallest absolute Gasteiger partial charge is 0.414 e. The minimum atomic E-state index is -4.58. The molecule has 8 nitrogen and oxygen atoms in total. The van der Waals surface area contributed by atoms with Crippen molar-refractivity contribution in [1.29, 1.82) is 0 Å². The maximum atomic E-state index is 13.5. The van der Waals surface area contributed by atoms with Crippen molar-refractivity contribution in [3.63, 3.8) is 0 Å². The largest absolute Gasteiger partial charge is 0.490 e. The van der Waals surface area contributed by atoms with E-state index in [2.05, 4.69) is 0 Å². The molecule has 0 bridgehead atoms. The number of nitrogens with zero attached hydrogens (tertiary/aromatic N) is 2. The normalized spacial score (nSPS) is 22.9. The van der Waals surface area contributed by atoms with Gasteiger partial charge in [0.15, 0.2) is 6.10 Å².